The van der Waals surface area contributed by atoms with Crippen molar-refractivity contribution >= 4 is 12.1 Å². The molecule has 19 heavy (non-hydrogen) atoms. The maximum absolute atomic E-state index is 11.9. The SMILES string of the molecule is C[C@@H]1C[C@H](C)CC(NC(=O)OC(C)(C)C)(C(=O)O)C1. The van der Waals surface area contributed by atoms with Gasteiger partial charge in [-0.05, 0) is 51.9 Å². The van der Waals surface area contributed by atoms with Crippen molar-refractivity contribution in [3.63, 3.8) is 0 Å². The minimum atomic E-state index is -1.20. The van der Waals surface area contributed by atoms with Gasteiger partial charge in [-0.15, -0.1) is 0 Å². The molecule has 0 aliphatic heterocycles. The number of hydrogen-bond acceptors (Lipinski definition) is 3. The highest BCUT2D eigenvalue weighted by molar-refractivity contribution is 5.84. The van der Waals surface area contributed by atoms with Crippen LogP contribution < -0.4 is 5.32 Å². The van der Waals surface area contributed by atoms with Crippen molar-refractivity contribution in [2.45, 2.75) is 65.0 Å². The smallest absolute Gasteiger partial charge is 0.408 e. The molecule has 0 heterocycles. The number of carboxylic acid groups (broad SMARTS) is 1. The Kier molecular flexibility index (Phi) is 4.48. The van der Waals surface area contributed by atoms with Gasteiger partial charge in [0.1, 0.15) is 11.1 Å². The van der Waals surface area contributed by atoms with Crippen molar-refractivity contribution in [3.05, 3.63) is 0 Å². The molecule has 3 atom stereocenters. The fraction of sp³-hybridized carbons (Fsp3) is 0.857. The number of carbonyl (C=O) groups is 2. The fourth-order valence-electron chi connectivity index (χ4n) is 2.96. The molecule has 1 aliphatic rings. The van der Waals surface area contributed by atoms with E-state index in [4.69, 9.17) is 4.74 Å². The molecule has 1 saturated carbocycles. The van der Waals surface area contributed by atoms with Gasteiger partial charge < -0.3 is 15.2 Å². The Balaban J connectivity index is 2.83. The van der Waals surface area contributed by atoms with Crippen LogP contribution in [-0.4, -0.2) is 28.3 Å². The van der Waals surface area contributed by atoms with Gasteiger partial charge in [0.15, 0.2) is 0 Å². The van der Waals surface area contributed by atoms with Crippen LogP contribution in [0.3, 0.4) is 0 Å². The summed E-state index contributed by atoms with van der Waals surface area (Å²) in [5.41, 5.74) is -1.82. The van der Waals surface area contributed by atoms with Crippen LogP contribution in [0.25, 0.3) is 0 Å². The average Bonchev–Trinajstić information content (AvgIpc) is 2.11. The van der Waals surface area contributed by atoms with Crippen molar-refractivity contribution in [2.75, 3.05) is 0 Å². The number of hydrogen-bond donors (Lipinski definition) is 2. The summed E-state index contributed by atoms with van der Waals surface area (Å²) in [4.78, 5) is 23.5. The summed E-state index contributed by atoms with van der Waals surface area (Å²) in [7, 11) is 0. The van der Waals surface area contributed by atoms with Gasteiger partial charge >= 0.3 is 12.1 Å². The van der Waals surface area contributed by atoms with Crippen LogP contribution in [-0.2, 0) is 9.53 Å². The van der Waals surface area contributed by atoms with E-state index >= 15 is 0 Å². The molecule has 5 nitrogen and oxygen atoms in total. The molecule has 1 rings (SSSR count). The van der Waals surface area contributed by atoms with E-state index in [1.165, 1.54) is 0 Å². The first-order chi connectivity index (χ1) is 8.54. The van der Waals surface area contributed by atoms with Crippen LogP contribution >= 0.6 is 0 Å². The molecule has 0 bridgehead atoms. The molecule has 2 N–H and O–H groups in total. The number of carboxylic acids is 1. The highest BCUT2D eigenvalue weighted by atomic mass is 16.6. The van der Waals surface area contributed by atoms with Crippen molar-refractivity contribution in [1.29, 1.82) is 0 Å². The van der Waals surface area contributed by atoms with E-state index < -0.39 is 23.2 Å². The summed E-state index contributed by atoms with van der Waals surface area (Å²) in [6.07, 6.45) is 1.24. The maximum Gasteiger partial charge on any atom is 0.408 e. The fourth-order valence-corrected chi connectivity index (χ4v) is 2.96. The molecule has 5 heteroatoms. The Morgan fingerprint density at radius 2 is 1.68 bits per heavy atom. The third-order valence-electron chi connectivity index (χ3n) is 3.35. The first-order valence-corrected chi connectivity index (χ1v) is 6.78. The molecule has 1 amide bonds. The van der Waals surface area contributed by atoms with Crippen LogP contribution in [0.1, 0.15) is 53.9 Å². The lowest BCUT2D eigenvalue weighted by molar-refractivity contribution is -0.148. The Morgan fingerprint density at radius 3 is 2.05 bits per heavy atom. The average molecular weight is 271 g/mol. The van der Waals surface area contributed by atoms with Gasteiger partial charge in [-0.3, -0.25) is 0 Å². The number of alkyl carbamates (subject to hydrolysis) is 1. The van der Waals surface area contributed by atoms with E-state index in [1.54, 1.807) is 20.8 Å². The van der Waals surface area contributed by atoms with Gasteiger partial charge in [0.05, 0.1) is 0 Å². The Hall–Kier alpha value is -1.26. The van der Waals surface area contributed by atoms with Crippen molar-refractivity contribution < 1.29 is 19.4 Å². The molecule has 0 radical (unpaired) electrons. The van der Waals surface area contributed by atoms with Gasteiger partial charge in [-0.25, -0.2) is 9.59 Å². The Labute approximate surface area is 114 Å². The summed E-state index contributed by atoms with van der Waals surface area (Å²) >= 11 is 0. The second-order valence-electron chi connectivity index (χ2n) is 6.87. The topological polar surface area (TPSA) is 75.6 Å². The lowest BCUT2D eigenvalue weighted by Gasteiger charge is -2.40. The highest BCUT2D eigenvalue weighted by Crippen LogP contribution is 2.36. The highest BCUT2D eigenvalue weighted by Gasteiger charge is 2.46. The van der Waals surface area contributed by atoms with E-state index in [-0.39, 0.29) is 11.8 Å². The molecule has 0 saturated heterocycles. The third-order valence-corrected chi connectivity index (χ3v) is 3.35. The maximum atomic E-state index is 11.9. The zero-order valence-electron chi connectivity index (χ0n) is 12.4. The van der Waals surface area contributed by atoms with Crippen molar-refractivity contribution in [1.82, 2.24) is 5.32 Å². The summed E-state index contributed by atoms with van der Waals surface area (Å²) < 4.78 is 5.17. The molecule has 110 valence electrons. The predicted molar refractivity (Wildman–Crippen MR) is 71.9 cm³/mol. The number of ether oxygens (including phenoxy) is 1. The molecular weight excluding hydrogens is 246 g/mol. The third kappa shape index (κ3) is 4.40. The molecular formula is C14H25NO4. The molecule has 1 aliphatic carbocycles. The Morgan fingerprint density at radius 1 is 1.21 bits per heavy atom. The normalized spacial score (nSPS) is 31.6. The van der Waals surface area contributed by atoms with Crippen LogP contribution in [0.15, 0.2) is 0 Å². The van der Waals surface area contributed by atoms with Gasteiger partial charge in [-0.2, -0.15) is 0 Å². The minimum Gasteiger partial charge on any atom is -0.480 e. The first-order valence-electron chi connectivity index (χ1n) is 6.78. The molecule has 0 spiro atoms. The van der Waals surface area contributed by atoms with Crippen molar-refractivity contribution in [2.24, 2.45) is 11.8 Å². The van der Waals surface area contributed by atoms with Crippen LogP contribution in [0.2, 0.25) is 0 Å². The summed E-state index contributed by atoms with van der Waals surface area (Å²) in [6.45, 7) is 9.30. The van der Waals surface area contributed by atoms with E-state index in [0.29, 0.717) is 12.8 Å². The van der Waals surface area contributed by atoms with Gasteiger partial charge in [0, 0.05) is 0 Å². The molecule has 0 aromatic rings. The zero-order chi connectivity index (χ0) is 14.8. The second kappa shape index (κ2) is 5.39. The zero-order valence-corrected chi connectivity index (χ0v) is 12.4. The number of nitrogens with one attached hydrogen (secondary N) is 1. The van der Waals surface area contributed by atoms with Crippen molar-refractivity contribution in [3.8, 4) is 0 Å². The molecule has 0 aromatic carbocycles. The Bertz CT molecular complexity index is 349. The second-order valence-corrected chi connectivity index (χ2v) is 6.87. The number of aliphatic carboxylic acids is 1. The van der Waals surface area contributed by atoms with Crippen LogP contribution in [0.4, 0.5) is 4.79 Å². The lowest BCUT2D eigenvalue weighted by atomic mass is 9.71. The van der Waals surface area contributed by atoms with Gasteiger partial charge in [-0.1, -0.05) is 13.8 Å². The molecule has 0 aromatic heterocycles. The summed E-state index contributed by atoms with van der Waals surface area (Å²) in [5.74, 6) is -0.429. The molecule has 1 fully saturated rings. The van der Waals surface area contributed by atoms with E-state index in [9.17, 15) is 14.7 Å². The lowest BCUT2D eigenvalue weighted by Crippen LogP contribution is -2.58. The largest absolute Gasteiger partial charge is 0.480 e. The predicted octanol–water partition coefficient (Wildman–Crippen LogP) is 2.79. The van der Waals surface area contributed by atoms with Gasteiger partial charge in [0.25, 0.3) is 0 Å². The van der Waals surface area contributed by atoms with Crippen LogP contribution in [0.5, 0.6) is 0 Å². The van der Waals surface area contributed by atoms with E-state index in [0.717, 1.165) is 6.42 Å². The summed E-state index contributed by atoms with van der Waals surface area (Å²) in [6, 6.07) is 0. The van der Waals surface area contributed by atoms with E-state index in [2.05, 4.69) is 5.32 Å². The number of carbonyl (C=O) groups excluding carboxylic acids is 1. The number of rotatable bonds is 2. The van der Waals surface area contributed by atoms with Crippen LogP contribution in [0, 0.1) is 11.8 Å². The molecule has 1 unspecified atom stereocenters. The quantitative estimate of drug-likeness (QED) is 0.809. The monoisotopic (exact) mass is 271 g/mol. The minimum absolute atomic E-state index is 0.273. The van der Waals surface area contributed by atoms with E-state index in [1.807, 2.05) is 13.8 Å². The number of amides is 1. The summed E-state index contributed by atoms with van der Waals surface area (Å²) in [5, 5.41) is 12.1. The van der Waals surface area contributed by atoms with Gasteiger partial charge in [0.2, 0.25) is 0 Å². The standard InChI is InChI=1S/C14H25NO4/c1-9-6-10(2)8-14(7-9,11(16)17)15-12(18)19-13(3,4)5/h9-10H,6-8H2,1-5H3,(H,15,18)(H,16,17)/t9-,10+,14?. The first kappa shape index (κ1) is 15.8.